The number of imidazole rings is 1. The van der Waals surface area contributed by atoms with Crippen LogP contribution < -0.4 is 5.32 Å². The first kappa shape index (κ1) is 23.3. The number of alkyl halides is 2. The second kappa shape index (κ2) is 9.30. The summed E-state index contributed by atoms with van der Waals surface area (Å²) in [6.07, 6.45) is -0.140. The Morgan fingerprint density at radius 2 is 2.00 bits per heavy atom. The van der Waals surface area contributed by atoms with Crippen LogP contribution in [0.3, 0.4) is 0 Å². The molecule has 0 spiro atoms. The lowest BCUT2D eigenvalue weighted by Gasteiger charge is -2.10. The molecule has 1 atom stereocenters. The van der Waals surface area contributed by atoms with E-state index in [4.69, 9.17) is 4.52 Å². The standard InChI is InChI=1S/C24H21F2N7O3/c1-13-3-4-14(23-29-21(36-31-23)10-19(34)22(25)26)9-17(13)28-24(35)18-11-27-20-6-5-15(12-33(18)20)16-7-8-32(2)30-16/h3-9,11-12,19,22,34H,10H2,1-2H3,(H,28,35). The molecule has 184 valence electrons. The van der Waals surface area contributed by atoms with Gasteiger partial charge in [-0.3, -0.25) is 13.9 Å². The summed E-state index contributed by atoms with van der Waals surface area (Å²) in [5.41, 5.74) is 4.33. The zero-order chi connectivity index (χ0) is 25.4. The zero-order valence-corrected chi connectivity index (χ0v) is 19.3. The smallest absolute Gasteiger partial charge is 0.274 e. The van der Waals surface area contributed by atoms with Crippen molar-refractivity contribution in [2.45, 2.75) is 25.9 Å². The highest BCUT2D eigenvalue weighted by atomic mass is 19.3. The van der Waals surface area contributed by atoms with Gasteiger partial charge < -0.3 is 14.9 Å². The normalized spacial score (nSPS) is 12.4. The number of hydrogen-bond acceptors (Lipinski definition) is 7. The summed E-state index contributed by atoms with van der Waals surface area (Å²) in [7, 11) is 1.83. The number of carbonyl (C=O) groups excluding carboxylic acids is 1. The van der Waals surface area contributed by atoms with E-state index in [2.05, 4.69) is 25.5 Å². The van der Waals surface area contributed by atoms with Gasteiger partial charge in [0, 0.05) is 36.3 Å². The molecule has 0 radical (unpaired) electrons. The van der Waals surface area contributed by atoms with Crippen molar-refractivity contribution in [3.63, 3.8) is 0 Å². The van der Waals surface area contributed by atoms with Gasteiger partial charge in [0.15, 0.2) is 0 Å². The van der Waals surface area contributed by atoms with Gasteiger partial charge in [-0.1, -0.05) is 17.3 Å². The maximum Gasteiger partial charge on any atom is 0.274 e. The van der Waals surface area contributed by atoms with E-state index in [1.807, 2.05) is 38.4 Å². The largest absolute Gasteiger partial charge is 0.387 e. The van der Waals surface area contributed by atoms with Crippen molar-refractivity contribution in [2.24, 2.45) is 7.05 Å². The van der Waals surface area contributed by atoms with Crippen molar-refractivity contribution < 1.29 is 23.2 Å². The highest BCUT2D eigenvalue weighted by Gasteiger charge is 2.21. The van der Waals surface area contributed by atoms with Crippen LogP contribution in [0.2, 0.25) is 0 Å². The number of hydrogen-bond donors (Lipinski definition) is 2. The second-order valence-corrected chi connectivity index (χ2v) is 8.27. The Hall–Kier alpha value is -4.45. The predicted molar refractivity (Wildman–Crippen MR) is 126 cm³/mol. The molecule has 2 N–H and O–H groups in total. The van der Waals surface area contributed by atoms with Crippen molar-refractivity contribution in [3.05, 3.63) is 72.1 Å². The molecule has 0 saturated carbocycles. The molecule has 1 unspecified atom stereocenters. The highest BCUT2D eigenvalue weighted by molar-refractivity contribution is 6.04. The molecule has 0 fully saturated rings. The van der Waals surface area contributed by atoms with Gasteiger partial charge in [-0.15, -0.1) is 0 Å². The van der Waals surface area contributed by atoms with Crippen LogP contribution in [0.5, 0.6) is 0 Å². The predicted octanol–water partition coefficient (Wildman–Crippen LogP) is 3.51. The third-order valence-corrected chi connectivity index (χ3v) is 5.63. The van der Waals surface area contributed by atoms with E-state index in [-0.39, 0.29) is 17.6 Å². The number of aliphatic hydroxyl groups is 1. The number of fused-ring (bicyclic) bond motifs is 1. The zero-order valence-electron chi connectivity index (χ0n) is 19.3. The van der Waals surface area contributed by atoms with Gasteiger partial charge in [-0.05, 0) is 36.8 Å². The first-order chi connectivity index (χ1) is 17.3. The summed E-state index contributed by atoms with van der Waals surface area (Å²) >= 11 is 0. The SMILES string of the molecule is Cc1ccc(-c2noc(CC(O)C(F)F)n2)cc1NC(=O)c1cnc2ccc(-c3ccn(C)n3)cn12. The summed E-state index contributed by atoms with van der Waals surface area (Å²) in [5, 5.41) is 20.4. The van der Waals surface area contributed by atoms with Crippen LogP contribution >= 0.6 is 0 Å². The van der Waals surface area contributed by atoms with Crippen molar-refractivity contribution in [1.29, 1.82) is 0 Å². The summed E-state index contributed by atoms with van der Waals surface area (Å²) in [6, 6.07) is 10.7. The van der Waals surface area contributed by atoms with Crippen LogP contribution in [-0.2, 0) is 13.5 Å². The van der Waals surface area contributed by atoms with Crippen LogP contribution in [0.1, 0.15) is 21.9 Å². The molecule has 4 heterocycles. The van der Waals surface area contributed by atoms with Gasteiger partial charge in [0.2, 0.25) is 11.7 Å². The molecule has 5 rings (SSSR count). The lowest BCUT2D eigenvalue weighted by Crippen LogP contribution is -2.20. The summed E-state index contributed by atoms with van der Waals surface area (Å²) < 4.78 is 33.6. The van der Waals surface area contributed by atoms with E-state index in [0.717, 1.165) is 16.8 Å². The van der Waals surface area contributed by atoms with Crippen LogP contribution in [0.25, 0.3) is 28.3 Å². The molecular formula is C24H21F2N7O3. The van der Waals surface area contributed by atoms with Crippen LogP contribution in [0.4, 0.5) is 14.5 Å². The van der Waals surface area contributed by atoms with Crippen molar-refractivity contribution in [1.82, 2.24) is 29.3 Å². The van der Waals surface area contributed by atoms with Crippen LogP contribution in [0.15, 0.2) is 59.5 Å². The minimum Gasteiger partial charge on any atom is -0.387 e. The Bertz CT molecular complexity index is 1560. The van der Waals surface area contributed by atoms with Gasteiger partial charge in [0.05, 0.1) is 18.3 Å². The Labute approximate surface area is 203 Å². The average Bonchev–Trinajstić information content (AvgIpc) is 3.59. The maximum absolute atomic E-state index is 13.2. The summed E-state index contributed by atoms with van der Waals surface area (Å²) in [5.74, 6) is -0.343. The third kappa shape index (κ3) is 4.58. The topological polar surface area (TPSA) is 123 Å². The number of nitrogens with zero attached hydrogens (tertiary/aromatic N) is 6. The molecule has 0 aliphatic heterocycles. The number of aromatic nitrogens is 6. The summed E-state index contributed by atoms with van der Waals surface area (Å²) in [4.78, 5) is 21.6. The molecule has 0 aliphatic rings. The first-order valence-corrected chi connectivity index (χ1v) is 11.0. The fourth-order valence-corrected chi connectivity index (χ4v) is 3.67. The number of anilines is 1. The first-order valence-electron chi connectivity index (χ1n) is 11.0. The molecule has 1 amide bonds. The number of carbonyl (C=O) groups is 1. The number of halogens is 2. The fourth-order valence-electron chi connectivity index (χ4n) is 3.67. The van der Waals surface area contributed by atoms with E-state index in [0.29, 0.717) is 22.6 Å². The van der Waals surface area contributed by atoms with Crippen molar-refractivity contribution in [2.75, 3.05) is 5.32 Å². The molecule has 0 aliphatic carbocycles. The quantitative estimate of drug-likeness (QED) is 0.356. The average molecular weight is 493 g/mol. The van der Waals surface area contributed by atoms with Crippen LogP contribution in [-0.4, -0.2) is 52.8 Å². The summed E-state index contributed by atoms with van der Waals surface area (Å²) in [6.45, 7) is 1.83. The van der Waals surface area contributed by atoms with Gasteiger partial charge in [0.1, 0.15) is 17.4 Å². The molecular weight excluding hydrogens is 472 g/mol. The van der Waals surface area contributed by atoms with E-state index in [9.17, 15) is 18.7 Å². The lowest BCUT2D eigenvalue weighted by atomic mass is 10.1. The molecule has 0 bridgehead atoms. The Balaban J connectivity index is 1.40. The van der Waals surface area contributed by atoms with Crippen molar-refractivity contribution >= 4 is 17.2 Å². The monoisotopic (exact) mass is 493 g/mol. The van der Waals surface area contributed by atoms with Gasteiger partial charge >= 0.3 is 0 Å². The number of aryl methyl sites for hydroxylation is 2. The Morgan fingerprint density at radius 1 is 1.19 bits per heavy atom. The number of benzene rings is 1. The number of rotatable bonds is 7. The third-order valence-electron chi connectivity index (χ3n) is 5.63. The molecule has 0 saturated heterocycles. The van der Waals surface area contributed by atoms with E-state index < -0.39 is 19.0 Å². The van der Waals surface area contributed by atoms with Crippen molar-refractivity contribution in [3.8, 4) is 22.6 Å². The Morgan fingerprint density at radius 3 is 2.75 bits per heavy atom. The number of amides is 1. The Kier molecular flexibility index (Phi) is 6.02. The van der Waals surface area contributed by atoms with E-state index in [1.165, 1.54) is 6.20 Å². The highest BCUT2D eigenvalue weighted by Crippen LogP contribution is 2.25. The molecule has 36 heavy (non-hydrogen) atoms. The van der Waals surface area contributed by atoms with Gasteiger partial charge in [0.25, 0.3) is 12.3 Å². The van der Waals surface area contributed by atoms with E-state index in [1.54, 1.807) is 33.5 Å². The minimum atomic E-state index is -2.92. The molecule has 12 heteroatoms. The minimum absolute atomic E-state index is 0.113. The van der Waals surface area contributed by atoms with Gasteiger partial charge in [-0.25, -0.2) is 13.8 Å². The van der Waals surface area contributed by atoms with Crippen LogP contribution in [0, 0.1) is 6.92 Å². The number of pyridine rings is 1. The van der Waals surface area contributed by atoms with E-state index >= 15 is 0 Å². The lowest BCUT2D eigenvalue weighted by molar-refractivity contribution is -0.00754. The number of aliphatic hydroxyl groups excluding tert-OH is 1. The molecule has 5 aromatic rings. The number of nitrogens with one attached hydrogen (secondary N) is 1. The maximum atomic E-state index is 13.2. The molecule has 4 aromatic heterocycles. The molecule has 10 nitrogen and oxygen atoms in total. The molecule has 1 aromatic carbocycles. The van der Waals surface area contributed by atoms with Gasteiger partial charge in [-0.2, -0.15) is 10.1 Å². The fraction of sp³-hybridized carbons (Fsp3) is 0.208. The second-order valence-electron chi connectivity index (χ2n) is 8.27.